The van der Waals surface area contributed by atoms with Gasteiger partial charge in [0.25, 0.3) is 5.24 Å². The summed E-state index contributed by atoms with van der Waals surface area (Å²) < 4.78 is 0.887. The van der Waals surface area contributed by atoms with Gasteiger partial charge in [-0.1, -0.05) is 46.3 Å². The fourth-order valence-electron chi connectivity index (χ4n) is 2.12. The smallest absolute Gasteiger partial charge is 0.253 e. The van der Waals surface area contributed by atoms with Gasteiger partial charge in [-0.05, 0) is 35.9 Å². The minimum atomic E-state index is -0.479. The number of hydrogen-bond donors (Lipinski definition) is 0. The van der Waals surface area contributed by atoms with Gasteiger partial charge in [0.2, 0.25) is 0 Å². The van der Waals surface area contributed by atoms with Crippen molar-refractivity contribution in [3.8, 4) is 11.3 Å². The van der Waals surface area contributed by atoms with E-state index in [1.807, 2.05) is 48.5 Å². The van der Waals surface area contributed by atoms with Crippen LogP contribution in [0.2, 0.25) is 0 Å². The second-order valence-electron chi connectivity index (χ2n) is 4.36. The van der Waals surface area contributed by atoms with E-state index in [-0.39, 0.29) is 0 Å². The number of halogens is 2. The summed E-state index contributed by atoms with van der Waals surface area (Å²) in [4.78, 5) is 16.3. The van der Waals surface area contributed by atoms with Crippen molar-refractivity contribution in [2.45, 2.75) is 0 Å². The first-order valence-corrected chi connectivity index (χ1v) is 7.18. The summed E-state index contributed by atoms with van der Waals surface area (Å²) in [7, 11) is 0. The molecule has 4 heteroatoms. The van der Waals surface area contributed by atoms with Crippen LogP contribution in [0.3, 0.4) is 0 Å². The fraction of sp³-hybridized carbons (Fsp3) is 0. The van der Waals surface area contributed by atoms with Crippen molar-refractivity contribution in [1.29, 1.82) is 0 Å². The second-order valence-corrected chi connectivity index (χ2v) is 5.62. The molecule has 1 heterocycles. The number of hydrogen-bond acceptors (Lipinski definition) is 2. The summed E-state index contributed by atoms with van der Waals surface area (Å²) in [5, 5.41) is 0.270. The van der Waals surface area contributed by atoms with Gasteiger partial charge in [0, 0.05) is 21.0 Å². The van der Waals surface area contributed by atoms with Crippen molar-refractivity contribution in [1.82, 2.24) is 4.98 Å². The molecule has 3 rings (SSSR count). The summed E-state index contributed by atoms with van der Waals surface area (Å²) in [6.07, 6.45) is 0. The first kappa shape index (κ1) is 13.3. The first-order valence-electron chi connectivity index (χ1n) is 6.01. The lowest BCUT2D eigenvalue weighted by molar-refractivity contribution is 0.108. The Morgan fingerprint density at radius 1 is 1.05 bits per heavy atom. The fourth-order valence-corrected chi connectivity index (χ4v) is 2.63. The van der Waals surface area contributed by atoms with Crippen molar-refractivity contribution in [2.75, 3.05) is 0 Å². The highest BCUT2D eigenvalue weighted by molar-refractivity contribution is 9.10. The lowest BCUT2D eigenvalue weighted by Gasteiger charge is -2.07. The molecule has 0 aliphatic rings. The van der Waals surface area contributed by atoms with Gasteiger partial charge >= 0.3 is 0 Å². The predicted molar refractivity (Wildman–Crippen MR) is 85.1 cm³/mol. The van der Waals surface area contributed by atoms with Gasteiger partial charge in [0.1, 0.15) is 0 Å². The Bertz CT molecular complexity index is 802. The molecule has 2 aromatic carbocycles. The van der Waals surface area contributed by atoms with Crippen molar-refractivity contribution in [3.63, 3.8) is 0 Å². The van der Waals surface area contributed by atoms with Crippen LogP contribution in [0.4, 0.5) is 0 Å². The monoisotopic (exact) mass is 345 g/mol. The normalized spacial score (nSPS) is 10.7. The van der Waals surface area contributed by atoms with Gasteiger partial charge in [-0.25, -0.2) is 4.98 Å². The molecule has 0 unspecified atom stereocenters. The Balaban J connectivity index is 2.32. The molecule has 0 spiro atoms. The quantitative estimate of drug-likeness (QED) is 0.608. The number of carbonyl (C=O) groups excluding carboxylic acids is 1. The van der Waals surface area contributed by atoms with Crippen molar-refractivity contribution in [2.24, 2.45) is 0 Å². The van der Waals surface area contributed by atoms with Gasteiger partial charge in [0.15, 0.2) is 0 Å². The van der Waals surface area contributed by atoms with Crippen LogP contribution in [0.5, 0.6) is 0 Å². The number of fused-ring (bicyclic) bond motifs is 1. The molecule has 2 nitrogen and oxygen atoms in total. The molecule has 3 aromatic rings. The van der Waals surface area contributed by atoms with Crippen LogP contribution in [0.15, 0.2) is 59.1 Å². The highest BCUT2D eigenvalue weighted by Gasteiger charge is 2.12. The highest BCUT2D eigenvalue weighted by Crippen LogP contribution is 2.27. The molecular weight excluding hydrogens is 338 g/mol. The highest BCUT2D eigenvalue weighted by atomic mass is 79.9. The molecule has 0 radical (unpaired) electrons. The SMILES string of the molecule is O=C(Cl)c1cc(-c2ccccc2)nc2ccc(Br)cc12. The third kappa shape index (κ3) is 2.47. The van der Waals surface area contributed by atoms with Crippen LogP contribution < -0.4 is 0 Å². The number of benzene rings is 2. The van der Waals surface area contributed by atoms with E-state index in [1.165, 1.54) is 0 Å². The molecule has 98 valence electrons. The lowest BCUT2D eigenvalue weighted by Crippen LogP contribution is -1.95. The zero-order chi connectivity index (χ0) is 14.1. The van der Waals surface area contributed by atoms with E-state index in [9.17, 15) is 4.79 Å². The van der Waals surface area contributed by atoms with Crippen LogP contribution in [0.1, 0.15) is 10.4 Å². The molecule has 0 aliphatic heterocycles. The summed E-state index contributed by atoms with van der Waals surface area (Å²) in [5.74, 6) is 0. The third-order valence-electron chi connectivity index (χ3n) is 3.05. The van der Waals surface area contributed by atoms with E-state index in [1.54, 1.807) is 6.07 Å². The molecule has 1 aromatic heterocycles. The molecular formula is C16H9BrClNO. The van der Waals surface area contributed by atoms with Gasteiger partial charge in [-0.15, -0.1) is 0 Å². The van der Waals surface area contributed by atoms with Crippen LogP contribution >= 0.6 is 27.5 Å². The van der Waals surface area contributed by atoms with Gasteiger partial charge in [0.05, 0.1) is 11.2 Å². The third-order valence-corrected chi connectivity index (χ3v) is 3.75. The zero-order valence-electron chi connectivity index (χ0n) is 10.3. The maximum absolute atomic E-state index is 11.7. The van der Waals surface area contributed by atoms with Crippen molar-refractivity contribution < 1.29 is 4.79 Å². The topological polar surface area (TPSA) is 30.0 Å². The molecule has 0 bridgehead atoms. The average Bonchev–Trinajstić information content (AvgIpc) is 2.47. The van der Waals surface area contributed by atoms with Gasteiger partial charge in [-0.2, -0.15) is 0 Å². The molecule has 0 aliphatic carbocycles. The predicted octanol–water partition coefficient (Wildman–Crippen LogP) is 5.04. The molecule has 0 amide bonds. The van der Waals surface area contributed by atoms with Gasteiger partial charge in [-0.3, -0.25) is 4.79 Å². The molecule has 20 heavy (non-hydrogen) atoms. The summed E-state index contributed by atoms with van der Waals surface area (Å²) in [6, 6.07) is 17.1. The Morgan fingerprint density at radius 2 is 1.80 bits per heavy atom. The molecule has 0 fully saturated rings. The molecule has 0 saturated carbocycles. The average molecular weight is 347 g/mol. The number of aromatic nitrogens is 1. The van der Waals surface area contributed by atoms with E-state index in [4.69, 9.17) is 11.6 Å². The first-order chi connectivity index (χ1) is 9.65. The minimum absolute atomic E-state index is 0.469. The standard InChI is InChI=1S/C16H9BrClNO/c17-11-6-7-14-12(8-11)13(16(18)20)9-15(19-14)10-4-2-1-3-5-10/h1-9H. The number of carbonyl (C=O) groups is 1. The Labute approximate surface area is 129 Å². The maximum atomic E-state index is 11.7. The minimum Gasteiger partial charge on any atom is -0.276 e. The largest absolute Gasteiger partial charge is 0.276 e. The summed E-state index contributed by atoms with van der Waals surface area (Å²) in [6.45, 7) is 0. The van der Waals surface area contributed by atoms with Gasteiger partial charge < -0.3 is 0 Å². The molecule has 0 N–H and O–H groups in total. The van der Waals surface area contributed by atoms with E-state index < -0.39 is 5.24 Å². The lowest BCUT2D eigenvalue weighted by atomic mass is 10.0. The number of rotatable bonds is 2. The van der Waals surface area contributed by atoms with E-state index >= 15 is 0 Å². The maximum Gasteiger partial charge on any atom is 0.253 e. The van der Waals surface area contributed by atoms with Crippen molar-refractivity contribution >= 4 is 43.7 Å². The zero-order valence-corrected chi connectivity index (χ0v) is 12.6. The summed E-state index contributed by atoms with van der Waals surface area (Å²) in [5.41, 5.74) is 2.91. The Morgan fingerprint density at radius 3 is 2.50 bits per heavy atom. The van der Waals surface area contributed by atoms with E-state index in [2.05, 4.69) is 20.9 Å². The van der Waals surface area contributed by atoms with Crippen LogP contribution in [0.25, 0.3) is 22.2 Å². The van der Waals surface area contributed by atoms with Crippen molar-refractivity contribution in [3.05, 3.63) is 64.6 Å². The Kier molecular flexibility index (Phi) is 3.55. The molecule has 0 saturated heterocycles. The van der Waals surface area contributed by atoms with Crippen LogP contribution in [-0.2, 0) is 0 Å². The van der Waals surface area contributed by atoms with E-state index in [0.29, 0.717) is 5.56 Å². The van der Waals surface area contributed by atoms with Crippen LogP contribution in [-0.4, -0.2) is 10.2 Å². The Hall–Kier alpha value is -1.71. The van der Waals surface area contributed by atoms with E-state index in [0.717, 1.165) is 26.6 Å². The number of nitrogens with zero attached hydrogens (tertiary/aromatic N) is 1. The second kappa shape index (κ2) is 5.35. The number of pyridine rings is 1. The molecule has 0 atom stereocenters. The summed E-state index contributed by atoms with van der Waals surface area (Å²) >= 11 is 9.11. The van der Waals surface area contributed by atoms with Crippen LogP contribution in [0, 0.1) is 0 Å².